The van der Waals surface area contributed by atoms with E-state index in [0.717, 1.165) is 27.7 Å². The summed E-state index contributed by atoms with van der Waals surface area (Å²) in [5.74, 6) is 1.85. The van der Waals surface area contributed by atoms with Gasteiger partial charge in [0, 0.05) is 44.0 Å². The standard InChI is InChI=1S/C31H43N3O3S4/c1-6-31(4,5)41-27-14-8-13-26(22-27)40-20-10-17-33-28(35)32(29(36)34(30(33)37)18-15-23(2)3)16-9-19-39-25-12-7-11-24(38)21-25/h7-8,11-14,21-23,38H,6,9-10,15-20H2,1-5H3. The Hall–Kier alpha value is -1.75. The molecule has 0 atom stereocenters. The van der Waals surface area contributed by atoms with Gasteiger partial charge in [-0.05, 0) is 79.5 Å². The van der Waals surface area contributed by atoms with Crippen LogP contribution in [0.1, 0.15) is 60.3 Å². The maximum atomic E-state index is 13.4. The van der Waals surface area contributed by atoms with Gasteiger partial charge in [-0.2, -0.15) is 0 Å². The van der Waals surface area contributed by atoms with E-state index in [0.29, 0.717) is 31.7 Å². The van der Waals surface area contributed by atoms with Crippen molar-refractivity contribution in [2.45, 2.75) is 104 Å². The van der Waals surface area contributed by atoms with Crippen molar-refractivity contribution in [3.63, 3.8) is 0 Å². The van der Waals surface area contributed by atoms with Crippen molar-refractivity contribution in [3.8, 4) is 0 Å². The van der Waals surface area contributed by atoms with Crippen LogP contribution >= 0.6 is 47.9 Å². The molecule has 2 aromatic carbocycles. The molecule has 0 unspecified atom stereocenters. The Balaban J connectivity index is 1.70. The molecule has 0 fully saturated rings. The van der Waals surface area contributed by atoms with Crippen molar-refractivity contribution in [3.05, 3.63) is 80.0 Å². The predicted octanol–water partition coefficient (Wildman–Crippen LogP) is 7.15. The van der Waals surface area contributed by atoms with Crippen molar-refractivity contribution in [2.75, 3.05) is 11.5 Å². The summed E-state index contributed by atoms with van der Waals surface area (Å²) in [6.07, 6.45) is 3.07. The second-order valence-electron chi connectivity index (χ2n) is 11.1. The molecule has 224 valence electrons. The van der Waals surface area contributed by atoms with Crippen LogP contribution < -0.4 is 17.1 Å². The Bertz CT molecular complexity index is 1460. The zero-order chi connectivity index (χ0) is 30.0. The van der Waals surface area contributed by atoms with Crippen molar-refractivity contribution < 1.29 is 0 Å². The smallest absolute Gasteiger partial charge is 0.247 e. The number of thiol groups is 1. The Morgan fingerprint density at radius 2 is 1.24 bits per heavy atom. The van der Waals surface area contributed by atoms with Gasteiger partial charge in [-0.1, -0.05) is 46.8 Å². The molecule has 0 aliphatic carbocycles. The van der Waals surface area contributed by atoms with E-state index in [1.165, 1.54) is 23.5 Å². The van der Waals surface area contributed by atoms with Crippen LogP contribution in [0, 0.1) is 5.92 Å². The lowest BCUT2D eigenvalue weighted by Crippen LogP contribution is -2.54. The van der Waals surface area contributed by atoms with Crippen LogP contribution in [0.5, 0.6) is 0 Å². The number of thioether (sulfide) groups is 3. The van der Waals surface area contributed by atoms with Gasteiger partial charge in [0.2, 0.25) is 0 Å². The van der Waals surface area contributed by atoms with E-state index in [9.17, 15) is 14.4 Å². The third-order valence-electron chi connectivity index (χ3n) is 6.77. The Morgan fingerprint density at radius 1 is 0.756 bits per heavy atom. The zero-order valence-electron chi connectivity index (χ0n) is 24.8. The zero-order valence-corrected chi connectivity index (χ0v) is 28.1. The highest BCUT2D eigenvalue weighted by atomic mass is 32.2. The van der Waals surface area contributed by atoms with E-state index < -0.39 is 17.1 Å². The molecule has 3 rings (SSSR count). The molecule has 0 saturated heterocycles. The number of hydrogen-bond donors (Lipinski definition) is 1. The number of nitrogens with zero attached hydrogens (tertiary/aromatic N) is 3. The Labute approximate surface area is 262 Å². The first-order valence-electron chi connectivity index (χ1n) is 14.3. The molecule has 0 aliphatic rings. The van der Waals surface area contributed by atoms with Gasteiger partial charge in [-0.25, -0.2) is 28.1 Å². The number of aromatic nitrogens is 3. The first-order valence-corrected chi connectivity index (χ1v) is 17.5. The van der Waals surface area contributed by atoms with Crippen LogP contribution in [0.15, 0.2) is 82.5 Å². The second kappa shape index (κ2) is 16.2. The molecule has 0 N–H and O–H groups in total. The Kier molecular flexibility index (Phi) is 13.3. The topological polar surface area (TPSA) is 66.0 Å². The molecule has 3 aromatic rings. The third-order valence-corrected chi connectivity index (χ3v) is 10.5. The van der Waals surface area contributed by atoms with Crippen LogP contribution in [0.3, 0.4) is 0 Å². The highest BCUT2D eigenvalue weighted by Gasteiger charge is 2.17. The fourth-order valence-electron chi connectivity index (χ4n) is 4.06. The van der Waals surface area contributed by atoms with Crippen LogP contribution in [-0.4, -0.2) is 30.0 Å². The van der Waals surface area contributed by atoms with Crippen LogP contribution in [0.25, 0.3) is 0 Å². The summed E-state index contributed by atoms with van der Waals surface area (Å²) in [6, 6.07) is 16.4. The van der Waals surface area contributed by atoms with Gasteiger partial charge in [-0.15, -0.1) is 47.9 Å². The summed E-state index contributed by atoms with van der Waals surface area (Å²) in [4.78, 5) is 44.3. The number of rotatable bonds is 16. The first-order chi connectivity index (χ1) is 19.5. The minimum atomic E-state index is -0.506. The predicted molar refractivity (Wildman–Crippen MR) is 180 cm³/mol. The van der Waals surface area contributed by atoms with Crippen molar-refractivity contribution >= 4 is 47.9 Å². The van der Waals surface area contributed by atoms with Crippen molar-refractivity contribution in [2.24, 2.45) is 5.92 Å². The van der Waals surface area contributed by atoms with Crippen molar-refractivity contribution in [1.82, 2.24) is 13.7 Å². The van der Waals surface area contributed by atoms with Gasteiger partial charge in [-0.3, -0.25) is 0 Å². The minimum Gasteiger partial charge on any atom is -0.247 e. The lowest BCUT2D eigenvalue weighted by atomic mass is 10.1. The van der Waals surface area contributed by atoms with Crippen LogP contribution in [0.2, 0.25) is 0 Å². The lowest BCUT2D eigenvalue weighted by molar-refractivity contribution is 0.414. The van der Waals surface area contributed by atoms with E-state index >= 15 is 0 Å². The SMILES string of the molecule is CCC(C)(C)Sc1cccc(SCCCn2c(=O)n(CCCSc3cccc(S)c3)c(=O)n(CCC(C)C)c2=O)c1. The molecular formula is C31H43N3O3S4. The summed E-state index contributed by atoms with van der Waals surface area (Å²) in [6.45, 7) is 11.7. The van der Waals surface area contributed by atoms with Crippen LogP contribution in [-0.2, 0) is 19.6 Å². The van der Waals surface area contributed by atoms with Gasteiger partial charge in [0.15, 0.2) is 0 Å². The molecule has 0 spiro atoms. The molecule has 10 heteroatoms. The van der Waals surface area contributed by atoms with Gasteiger partial charge in [0.1, 0.15) is 0 Å². The summed E-state index contributed by atoms with van der Waals surface area (Å²) in [7, 11) is 0. The van der Waals surface area contributed by atoms with E-state index in [1.807, 2.05) is 36.0 Å². The molecule has 1 aromatic heterocycles. The molecule has 0 radical (unpaired) electrons. The van der Waals surface area contributed by atoms with Crippen LogP contribution in [0.4, 0.5) is 0 Å². The third kappa shape index (κ3) is 10.5. The quantitative estimate of drug-likeness (QED) is 0.103. The molecule has 1 heterocycles. The van der Waals surface area contributed by atoms with E-state index in [4.69, 9.17) is 0 Å². The van der Waals surface area contributed by atoms with Crippen molar-refractivity contribution in [1.29, 1.82) is 0 Å². The number of benzene rings is 2. The van der Waals surface area contributed by atoms with E-state index in [2.05, 4.69) is 71.5 Å². The summed E-state index contributed by atoms with van der Waals surface area (Å²) in [5.41, 5.74) is -1.51. The molecule has 0 saturated carbocycles. The summed E-state index contributed by atoms with van der Waals surface area (Å²) in [5, 5.41) is 0. The van der Waals surface area contributed by atoms with Gasteiger partial charge in [0.05, 0.1) is 0 Å². The molecule has 6 nitrogen and oxygen atoms in total. The first kappa shape index (κ1) is 33.7. The number of hydrogen-bond acceptors (Lipinski definition) is 7. The molecule has 0 amide bonds. The molecule has 41 heavy (non-hydrogen) atoms. The molecular weight excluding hydrogens is 591 g/mol. The fraction of sp³-hybridized carbons (Fsp3) is 0.516. The fourth-order valence-corrected chi connectivity index (χ4v) is 7.35. The largest absolute Gasteiger partial charge is 0.336 e. The highest BCUT2D eigenvalue weighted by molar-refractivity contribution is 8.01. The Morgan fingerprint density at radius 3 is 1.76 bits per heavy atom. The second-order valence-corrected chi connectivity index (χ2v) is 15.7. The highest BCUT2D eigenvalue weighted by Crippen LogP contribution is 2.36. The average Bonchev–Trinajstić information content (AvgIpc) is 2.92. The summed E-state index contributed by atoms with van der Waals surface area (Å²) < 4.78 is 3.94. The maximum absolute atomic E-state index is 13.4. The summed E-state index contributed by atoms with van der Waals surface area (Å²) >= 11 is 9.66. The van der Waals surface area contributed by atoms with E-state index in [1.54, 1.807) is 23.5 Å². The van der Waals surface area contributed by atoms with Gasteiger partial charge >= 0.3 is 17.1 Å². The monoisotopic (exact) mass is 633 g/mol. The van der Waals surface area contributed by atoms with E-state index in [-0.39, 0.29) is 17.8 Å². The minimum absolute atomic E-state index is 0.180. The normalized spacial score (nSPS) is 11.9. The maximum Gasteiger partial charge on any atom is 0.336 e. The molecule has 0 bridgehead atoms. The molecule has 0 aliphatic heterocycles. The average molecular weight is 634 g/mol. The van der Waals surface area contributed by atoms with Gasteiger partial charge < -0.3 is 0 Å². The lowest BCUT2D eigenvalue weighted by Gasteiger charge is -2.22. The van der Waals surface area contributed by atoms with Gasteiger partial charge in [0.25, 0.3) is 0 Å².